The Balaban J connectivity index is 1.55. The molecule has 0 bridgehead atoms. The zero-order valence-electron chi connectivity index (χ0n) is 19.4. The maximum absolute atomic E-state index is 13.6. The van der Waals surface area contributed by atoms with Crippen molar-refractivity contribution in [1.29, 1.82) is 0 Å². The molecule has 3 heterocycles. The summed E-state index contributed by atoms with van der Waals surface area (Å²) in [6, 6.07) is 8.12. The summed E-state index contributed by atoms with van der Waals surface area (Å²) in [4.78, 5) is 30.6. The van der Waals surface area contributed by atoms with Crippen molar-refractivity contribution in [1.82, 2.24) is 14.2 Å². The molecule has 2 aliphatic rings. The molecule has 2 aromatic rings. The molecular weight excluding hydrogens is 442 g/mol. The third kappa shape index (κ3) is 4.44. The maximum Gasteiger partial charge on any atom is 0.341 e. The van der Waals surface area contributed by atoms with Gasteiger partial charge in [-0.1, -0.05) is 24.3 Å². The van der Waals surface area contributed by atoms with Crippen LogP contribution in [0, 0.1) is 19.8 Å². The summed E-state index contributed by atoms with van der Waals surface area (Å²) >= 11 is 0. The Hall–Kier alpha value is -2.65. The van der Waals surface area contributed by atoms with Crippen LogP contribution in [0.3, 0.4) is 0 Å². The Labute approximate surface area is 195 Å². The third-order valence-electron chi connectivity index (χ3n) is 6.57. The van der Waals surface area contributed by atoms with E-state index in [2.05, 4.69) is 11.1 Å². The number of piperidine rings is 1. The predicted molar refractivity (Wildman–Crippen MR) is 123 cm³/mol. The minimum atomic E-state index is -3.98. The molecule has 1 aromatic carbocycles. The van der Waals surface area contributed by atoms with Gasteiger partial charge in [-0.05, 0) is 51.2 Å². The Morgan fingerprint density at radius 1 is 1.12 bits per heavy atom. The first-order valence-corrected chi connectivity index (χ1v) is 12.9. The largest absolute Gasteiger partial charge is 0.462 e. The van der Waals surface area contributed by atoms with E-state index < -0.39 is 21.9 Å². The number of nitrogens with one attached hydrogen (secondary N) is 1. The number of carbonyl (C=O) groups is 2. The maximum atomic E-state index is 13.6. The van der Waals surface area contributed by atoms with E-state index in [-0.39, 0.29) is 29.5 Å². The molecule has 2 aliphatic heterocycles. The van der Waals surface area contributed by atoms with Crippen molar-refractivity contribution in [3.05, 3.63) is 52.3 Å². The second-order valence-corrected chi connectivity index (χ2v) is 10.7. The Bertz CT molecular complexity index is 1170. The molecule has 8 nitrogen and oxygen atoms in total. The van der Waals surface area contributed by atoms with Gasteiger partial charge in [0, 0.05) is 37.6 Å². The van der Waals surface area contributed by atoms with Gasteiger partial charge in [0.1, 0.15) is 10.5 Å². The molecule has 1 aromatic heterocycles. The summed E-state index contributed by atoms with van der Waals surface area (Å²) in [5.41, 5.74) is 3.32. The van der Waals surface area contributed by atoms with Crippen molar-refractivity contribution in [2.24, 2.45) is 5.92 Å². The molecule has 1 amide bonds. The van der Waals surface area contributed by atoms with Crippen molar-refractivity contribution in [2.75, 3.05) is 26.2 Å². The highest BCUT2D eigenvalue weighted by atomic mass is 32.2. The lowest BCUT2D eigenvalue weighted by molar-refractivity contribution is -0.137. The summed E-state index contributed by atoms with van der Waals surface area (Å²) in [5.74, 6) is -1.06. The van der Waals surface area contributed by atoms with Gasteiger partial charge in [0.15, 0.2) is 0 Å². The van der Waals surface area contributed by atoms with Gasteiger partial charge in [-0.2, -0.15) is 4.31 Å². The number of sulfonamides is 1. The van der Waals surface area contributed by atoms with Crippen molar-refractivity contribution in [3.63, 3.8) is 0 Å². The summed E-state index contributed by atoms with van der Waals surface area (Å²) in [5, 5.41) is 0. The van der Waals surface area contributed by atoms with E-state index in [0.717, 1.165) is 12.0 Å². The van der Waals surface area contributed by atoms with Gasteiger partial charge in [-0.3, -0.25) is 4.79 Å². The van der Waals surface area contributed by atoms with Crippen LogP contribution in [0.5, 0.6) is 0 Å². The lowest BCUT2D eigenvalue weighted by Gasteiger charge is -2.36. The summed E-state index contributed by atoms with van der Waals surface area (Å²) in [6.45, 7) is 6.77. The number of H-pyrrole nitrogens is 1. The zero-order valence-corrected chi connectivity index (χ0v) is 20.2. The highest BCUT2D eigenvalue weighted by Gasteiger charge is 2.39. The Morgan fingerprint density at radius 3 is 2.58 bits per heavy atom. The van der Waals surface area contributed by atoms with Crippen molar-refractivity contribution >= 4 is 21.9 Å². The van der Waals surface area contributed by atoms with Crippen LogP contribution in [0.1, 0.15) is 52.6 Å². The van der Waals surface area contributed by atoms with E-state index in [9.17, 15) is 18.0 Å². The third-order valence-corrected chi connectivity index (χ3v) is 8.61. The molecule has 1 unspecified atom stereocenters. The molecule has 0 aliphatic carbocycles. The molecule has 4 rings (SSSR count). The van der Waals surface area contributed by atoms with Gasteiger partial charge in [0.05, 0.1) is 12.5 Å². The first-order valence-electron chi connectivity index (χ1n) is 11.5. The Kier molecular flexibility index (Phi) is 6.63. The number of carbonyl (C=O) groups excluding carboxylic acids is 2. The summed E-state index contributed by atoms with van der Waals surface area (Å²) in [6.07, 6.45) is 2.05. The normalized spacial score (nSPS) is 19.2. The van der Waals surface area contributed by atoms with Gasteiger partial charge >= 0.3 is 5.97 Å². The fourth-order valence-electron chi connectivity index (χ4n) is 4.96. The SMILES string of the molecule is CCOC(=O)c1c(C)[nH]c(C)c1S(=O)(=O)N1CCCC(C(=O)N2CCc3ccccc3C2)C1. The van der Waals surface area contributed by atoms with Crippen molar-refractivity contribution in [2.45, 2.75) is 51.5 Å². The van der Waals surface area contributed by atoms with Gasteiger partial charge < -0.3 is 14.6 Å². The van der Waals surface area contributed by atoms with E-state index in [1.165, 1.54) is 9.87 Å². The fraction of sp³-hybridized carbons (Fsp3) is 0.500. The second kappa shape index (κ2) is 9.30. The van der Waals surface area contributed by atoms with E-state index in [1.54, 1.807) is 20.8 Å². The number of fused-ring (bicyclic) bond motifs is 1. The standard InChI is InChI=1S/C24H31N3O5S/c1-4-32-24(29)21-16(2)25-17(3)22(21)33(30,31)27-12-7-10-20(15-27)23(28)26-13-11-18-8-5-6-9-19(18)14-26/h5-6,8-9,20,25H,4,7,10-15H2,1-3H3. The molecule has 178 valence electrons. The number of benzene rings is 1. The number of hydrogen-bond acceptors (Lipinski definition) is 5. The lowest BCUT2D eigenvalue weighted by Crippen LogP contribution is -2.48. The smallest absolute Gasteiger partial charge is 0.341 e. The van der Waals surface area contributed by atoms with Gasteiger partial charge in [-0.15, -0.1) is 0 Å². The highest BCUT2D eigenvalue weighted by molar-refractivity contribution is 7.89. The quantitative estimate of drug-likeness (QED) is 0.673. The average molecular weight is 474 g/mol. The van der Waals surface area contributed by atoms with Crippen molar-refractivity contribution in [3.8, 4) is 0 Å². The van der Waals surface area contributed by atoms with Crippen LogP contribution in [0.2, 0.25) is 0 Å². The molecule has 1 atom stereocenters. The van der Waals surface area contributed by atoms with Crippen molar-refractivity contribution < 1.29 is 22.7 Å². The molecule has 1 saturated heterocycles. The molecular formula is C24H31N3O5S. The summed E-state index contributed by atoms with van der Waals surface area (Å²) < 4.78 is 33.7. The fourth-order valence-corrected chi connectivity index (χ4v) is 6.90. The number of esters is 1. The highest BCUT2D eigenvalue weighted by Crippen LogP contribution is 2.31. The molecule has 1 fully saturated rings. The van der Waals surface area contributed by atoms with E-state index in [4.69, 9.17) is 4.74 Å². The monoisotopic (exact) mass is 473 g/mol. The Morgan fingerprint density at radius 2 is 1.85 bits per heavy atom. The van der Waals surface area contributed by atoms with Crippen LogP contribution < -0.4 is 0 Å². The number of ether oxygens (including phenoxy) is 1. The predicted octanol–water partition coefficient (Wildman–Crippen LogP) is 2.79. The van der Waals surface area contributed by atoms with E-state index >= 15 is 0 Å². The molecule has 9 heteroatoms. The van der Waals surface area contributed by atoms with Gasteiger partial charge in [0.2, 0.25) is 15.9 Å². The molecule has 0 radical (unpaired) electrons. The van der Waals surface area contributed by atoms with Crippen LogP contribution in [-0.4, -0.2) is 60.7 Å². The summed E-state index contributed by atoms with van der Waals surface area (Å²) in [7, 11) is -3.98. The van der Waals surface area contributed by atoms with Crippen LogP contribution in [0.25, 0.3) is 0 Å². The van der Waals surface area contributed by atoms with Crippen LogP contribution in [0.4, 0.5) is 0 Å². The van der Waals surface area contributed by atoms with E-state index in [1.807, 2.05) is 23.1 Å². The molecule has 0 spiro atoms. The van der Waals surface area contributed by atoms with Gasteiger partial charge in [-0.25, -0.2) is 13.2 Å². The molecule has 1 N–H and O–H groups in total. The molecule has 33 heavy (non-hydrogen) atoms. The lowest BCUT2D eigenvalue weighted by atomic mass is 9.95. The van der Waals surface area contributed by atoms with Crippen LogP contribution >= 0.6 is 0 Å². The van der Waals surface area contributed by atoms with Crippen LogP contribution in [-0.2, 0) is 32.5 Å². The number of nitrogens with zero attached hydrogens (tertiary/aromatic N) is 2. The first-order chi connectivity index (χ1) is 15.7. The number of hydrogen-bond donors (Lipinski definition) is 1. The zero-order chi connectivity index (χ0) is 23.8. The average Bonchev–Trinajstić information content (AvgIpc) is 3.12. The number of aromatic nitrogens is 1. The number of rotatable bonds is 5. The molecule has 0 saturated carbocycles. The first kappa shape index (κ1) is 23.5. The number of amides is 1. The number of aromatic amines is 1. The second-order valence-electron chi connectivity index (χ2n) is 8.78. The van der Waals surface area contributed by atoms with E-state index in [0.29, 0.717) is 43.9 Å². The van der Waals surface area contributed by atoms with Gasteiger partial charge in [0.25, 0.3) is 0 Å². The number of aryl methyl sites for hydroxylation is 2. The minimum absolute atomic E-state index is 0.00279. The van der Waals surface area contributed by atoms with Crippen LogP contribution in [0.15, 0.2) is 29.2 Å². The minimum Gasteiger partial charge on any atom is -0.462 e. The topological polar surface area (TPSA) is 99.8 Å².